The number of benzene rings is 2. The number of hydrogen-bond acceptors (Lipinski definition) is 10. The third kappa shape index (κ3) is 6.47. The van der Waals surface area contributed by atoms with E-state index < -0.39 is 47.5 Å². The Hall–Kier alpha value is -5.45. The molecule has 212 valence electrons. The molecule has 0 bridgehead atoms. The van der Waals surface area contributed by atoms with E-state index in [-0.39, 0.29) is 39.3 Å². The lowest BCUT2D eigenvalue weighted by Crippen LogP contribution is -2.45. The number of carbonyl (C=O) groups excluding carboxylic acids is 3. The Labute approximate surface area is 240 Å². The third-order valence-electron chi connectivity index (χ3n) is 5.52. The Morgan fingerprint density at radius 1 is 0.976 bits per heavy atom. The van der Waals surface area contributed by atoms with E-state index in [9.17, 15) is 33.6 Å². The molecule has 2 aromatic heterocycles. The van der Waals surface area contributed by atoms with Crippen molar-refractivity contribution in [2.45, 2.75) is 13.7 Å². The Morgan fingerprint density at radius 2 is 1.67 bits per heavy atom. The van der Waals surface area contributed by atoms with Crippen molar-refractivity contribution in [2.75, 3.05) is 6.61 Å². The van der Waals surface area contributed by atoms with Crippen LogP contribution in [0.3, 0.4) is 0 Å². The number of nitrogens with zero attached hydrogens (tertiary/aromatic N) is 4. The van der Waals surface area contributed by atoms with Gasteiger partial charge in [0.15, 0.2) is 0 Å². The molecule has 0 atom stereocenters. The molecular weight excluding hydrogens is 575 g/mol. The molecule has 2 heterocycles. The second-order valence-electron chi connectivity index (χ2n) is 8.28. The predicted octanol–water partition coefficient (Wildman–Crippen LogP) is 3.19. The van der Waals surface area contributed by atoms with Crippen molar-refractivity contribution >= 4 is 29.4 Å². The maximum absolute atomic E-state index is 14.2. The first-order chi connectivity index (χ1) is 20.1. The van der Waals surface area contributed by atoms with E-state index in [1.165, 1.54) is 54.6 Å². The van der Waals surface area contributed by atoms with Crippen molar-refractivity contribution in [3.05, 3.63) is 121 Å². The molecule has 0 spiro atoms. The zero-order valence-electron chi connectivity index (χ0n) is 21.6. The number of carbonyl (C=O) groups is 3. The maximum atomic E-state index is 14.2. The molecule has 0 radical (unpaired) electrons. The molecule has 12 nitrogen and oxygen atoms in total. The molecule has 0 unspecified atom stereocenters. The van der Waals surface area contributed by atoms with Crippen molar-refractivity contribution in [3.63, 3.8) is 0 Å². The van der Waals surface area contributed by atoms with Gasteiger partial charge in [-0.3, -0.25) is 14.2 Å². The van der Waals surface area contributed by atoms with E-state index in [0.717, 1.165) is 6.07 Å². The first kappa shape index (κ1) is 29.5. The first-order valence-corrected chi connectivity index (χ1v) is 12.4. The van der Waals surface area contributed by atoms with Gasteiger partial charge < -0.3 is 14.2 Å². The average molecular weight is 593 g/mol. The molecule has 0 saturated carbocycles. The number of pyridine rings is 1. The lowest BCUT2D eigenvalue weighted by atomic mass is 10.1. The van der Waals surface area contributed by atoms with Gasteiger partial charge in [0.1, 0.15) is 18.4 Å². The summed E-state index contributed by atoms with van der Waals surface area (Å²) in [5.74, 6) is -5.24. The number of aromatic nitrogens is 3. The molecule has 4 rings (SSSR count). The van der Waals surface area contributed by atoms with Crippen LogP contribution < -0.4 is 20.7 Å². The Bertz CT molecular complexity index is 1860. The minimum absolute atomic E-state index is 0.0760. The standard InChI is InChI=1S/C28H18ClFN4O8/c1-2-40-15-33-14-21(30)25(36)34(28(33)39)24(35)17-4-3-5-18(12-17)27(38)42-23-19(13-31)8-11-22(32-23)41-26(37)16-6-9-20(29)10-7-16/h3-12,14H,2,15H2,1H3. The van der Waals surface area contributed by atoms with Crippen LogP contribution in [0, 0.1) is 17.1 Å². The summed E-state index contributed by atoms with van der Waals surface area (Å²) in [5, 5.41) is 9.83. The zero-order valence-corrected chi connectivity index (χ0v) is 22.3. The lowest BCUT2D eigenvalue weighted by molar-refractivity contribution is 0.0717. The fourth-order valence-electron chi connectivity index (χ4n) is 3.47. The minimum Gasteiger partial charge on any atom is -0.404 e. The number of ether oxygens (including phenoxy) is 3. The molecule has 0 aliphatic heterocycles. The van der Waals surface area contributed by atoms with Gasteiger partial charge in [0.25, 0.3) is 11.5 Å². The number of nitriles is 1. The van der Waals surface area contributed by atoms with Gasteiger partial charge in [-0.25, -0.2) is 14.4 Å². The topological polar surface area (TPSA) is 160 Å². The highest BCUT2D eigenvalue weighted by atomic mass is 35.5. The Morgan fingerprint density at radius 3 is 2.36 bits per heavy atom. The van der Waals surface area contributed by atoms with Crippen LogP contribution in [0.1, 0.15) is 43.6 Å². The van der Waals surface area contributed by atoms with Gasteiger partial charge in [0, 0.05) is 23.3 Å². The normalized spacial score (nSPS) is 10.5. The van der Waals surface area contributed by atoms with Gasteiger partial charge in [-0.15, -0.1) is 0 Å². The summed E-state index contributed by atoms with van der Waals surface area (Å²) in [6.45, 7) is 1.41. The largest absolute Gasteiger partial charge is 0.404 e. The van der Waals surface area contributed by atoms with Gasteiger partial charge >= 0.3 is 17.6 Å². The molecule has 4 aromatic rings. The predicted molar refractivity (Wildman–Crippen MR) is 143 cm³/mol. The summed E-state index contributed by atoms with van der Waals surface area (Å²) >= 11 is 5.82. The molecule has 42 heavy (non-hydrogen) atoms. The highest BCUT2D eigenvalue weighted by molar-refractivity contribution is 6.30. The Balaban J connectivity index is 1.59. The summed E-state index contributed by atoms with van der Waals surface area (Å²) < 4.78 is 30.5. The van der Waals surface area contributed by atoms with Crippen LogP contribution >= 0.6 is 11.6 Å². The summed E-state index contributed by atoms with van der Waals surface area (Å²) in [4.78, 5) is 67.3. The van der Waals surface area contributed by atoms with Crippen molar-refractivity contribution in [3.8, 4) is 17.8 Å². The van der Waals surface area contributed by atoms with E-state index >= 15 is 0 Å². The van der Waals surface area contributed by atoms with Crippen molar-refractivity contribution in [2.24, 2.45) is 0 Å². The first-order valence-electron chi connectivity index (χ1n) is 12.0. The molecular formula is C28H18ClFN4O8. The number of hydrogen-bond donors (Lipinski definition) is 0. The molecule has 0 saturated heterocycles. The van der Waals surface area contributed by atoms with E-state index in [0.29, 0.717) is 15.8 Å². The van der Waals surface area contributed by atoms with Crippen molar-refractivity contribution < 1.29 is 33.0 Å². The van der Waals surface area contributed by atoms with Crippen LogP contribution in [0.5, 0.6) is 11.8 Å². The number of halogens is 2. The van der Waals surface area contributed by atoms with E-state index in [2.05, 4.69) is 4.98 Å². The van der Waals surface area contributed by atoms with Crippen LogP contribution in [-0.4, -0.2) is 38.6 Å². The van der Waals surface area contributed by atoms with Crippen molar-refractivity contribution in [1.29, 1.82) is 5.26 Å². The molecule has 14 heteroatoms. The van der Waals surface area contributed by atoms with Crippen LogP contribution in [0.4, 0.5) is 4.39 Å². The summed E-state index contributed by atoms with van der Waals surface area (Å²) in [6.07, 6.45) is 0.624. The van der Waals surface area contributed by atoms with E-state index in [1.807, 2.05) is 0 Å². The van der Waals surface area contributed by atoms with Crippen LogP contribution in [0.2, 0.25) is 5.02 Å². The molecule has 0 N–H and O–H groups in total. The van der Waals surface area contributed by atoms with E-state index in [4.69, 9.17) is 25.8 Å². The molecule has 2 aromatic carbocycles. The zero-order chi connectivity index (χ0) is 30.4. The van der Waals surface area contributed by atoms with Gasteiger partial charge in [-0.1, -0.05) is 17.7 Å². The fourth-order valence-corrected chi connectivity index (χ4v) is 3.59. The SMILES string of the molecule is CCOCn1cc(F)c(=O)n(C(=O)c2cccc(C(=O)Oc3nc(OC(=O)c4ccc(Cl)cc4)ccc3C#N)c2)c1=O. The van der Waals surface area contributed by atoms with Crippen LogP contribution in [0.25, 0.3) is 0 Å². The van der Waals surface area contributed by atoms with Gasteiger partial charge in [-0.05, 0) is 55.5 Å². The Kier molecular flexibility index (Phi) is 9.01. The summed E-state index contributed by atoms with van der Waals surface area (Å²) in [5.41, 5.74) is -3.22. The highest BCUT2D eigenvalue weighted by Crippen LogP contribution is 2.22. The quantitative estimate of drug-likeness (QED) is 0.278. The second-order valence-corrected chi connectivity index (χ2v) is 8.71. The van der Waals surface area contributed by atoms with Crippen LogP contribution in [0.15, 0.2) is 76.4 Å². The monoisotopic (exact) mass is 592 g/mol. The summed E-state index contributed by atoms with van der Waals surface area (Å²) in [7, 11) is 0. The fraction of sp³-hybridized carbons (Fsp3) is 0.107. The van der Waals surface area contributed by atoms with Gasteiger partial charge in [0.05, 0.1) is 17.3 Å². The van der Waals surface area contributed by atoms with Crippen molar-refractivity contribution in [1.82, 2.24) is 14.1 Å². The second kappa shape index (κ2) is 12.8. The summed E-state index contributed by atoms with van der Waals surface area (Å²) in [6, 6.07) is 14.7. The number of esters is 2. The highest BCUT2D eigenvalue weighted by Gasteiger charge is 2.22. The lowest BCUT2D eigenvalue weighted by Gasteiger charge is -2.11. The maximum Gasteiger partial charge on any atom is 0.344 e. The smallest absolute Gasteiger partial charge is 0.344 e. The molecule has 0 amide bonds. The van der Waals surface area contributed by atoms with E-state index in [1.54, 1.807) is 13.0 Å². The van der Waals surface area contributed by atoms with Crippen LogP contribution in [-0.2, 0) is 11.5 Å². The van der Waals surface area contributed by atoms with Gasteiger partial charge in [0.2, 0.25) is 17.6 Å². The average Bonchev–Trinajstić information content (AvgIpc) is 2.99. The molecule has 0 aliphatic rings. The number of rotatable bonds is 8. The van der Waals surface area contributed by atoms with Gasteiger partial charge in [-0.2, -0.15) is 19.2 Å². The molecule has 0 fully saturated rings. The minimum atomic E-state index is -1.49. The molecule has 0 aliphatic carbocycles. The third-order valence-corrected chi connectivity index (χ3v) is 5.77.